The first-order valence-corrected chi connectivity index (χ1v) is 10.1. The maximum Gasteiger partial charge on any atom is 0.434 e. The first kappa shape index (κ1) is 24.2. The summed E-state index contributed by atoms with van der Waals surface area (Å²) in [6.07, 6.45) is -2.89. The fraction of sp³-hybridized carbons (Fsp3) is 0.368. The van der Waals surface area contributed by atoms with E-state index < -0.39 is 23.4 Å². The highest BCUT2D eigenvalue weighted by Gasteiger charge is 2.40. The molecule has 1 aliphatic heterocycles. The van der Waals surface area contributed by atoms with Gasteiger partial charge in [-0.2, -0.15) is 13.2 Å². The summed E-state index contributed by atoms with van der Waals surface area (Å²) >= 11 is 9.09. The van der Waals surface area contributed by atoms with Gasteiger partial charge in [-0.05, 0) is 52.9 Å². The van der Waals surface area contributed by atoms with Gasteiger partial charge in [0, 0.05) is 35.5 Å². The number of carbonyl (C=O) groups is 1. The number of rotatable bonds is 7. The third-order valence-corrected chi connectivity index (χ3v) is 5.18. The zero-order valence-electron chi connectivity index (χ0n) is 15.9. The lowest BCUT2D eigenvalue weighted by atomic mass is 10.00. The average molecular weight is 510 g/mol. The highest BCUT2D eigenvalue weighted by molar-refractivity contribution is 9.10. The van der Waals surface area contributed by atoms with E-state index in [4.69, 9.17) is 22.1 Å². The van der Waals surface area contributed by atoms with Gasteiger partial charge in [0.1, 0.15) is 5.82 Å². The number of aliphatic imine (C=N–C) groups is 1. The molecule has 0 aromatic heterocycles. The van der Waals surface area contributed by atoms with Gasteiger partial charge >= 0.3 is 6.18 Å². The van der Waals surface area contributed by atoms with Crippen LogP contribution in [0.1, 0.15) is 12.8 Å². The Hall–Kier alpha value is -2.04. The summed E-state index contributed by atoms with van der Waals surface area (Å²) in [5.74, 6) is -1.16. The number of halogens is 5. The molecule has 0 spiro atoms. The van der Waals surface area contributed by atoms with Crippen molar-refractivity contribution in [1.82, 2.24) is 5.32 Å². The Balaban J connectivity index is 2.16. The van der Waals surface area contributed by atoms with E-state index in [9.17, 15) is 18.0 Å². The van der Waals surface area contributed by atoms with E-state index in [1.54, 1.807) is 18.2 Å². The van der Waals surface area contributed by atoms with Gasteiger partial charge in [-0.15, -0.1) is 0 Å². The zero-order valence-corrected chi connectivity index (χ0v) is 18.2. The molecule has 11 heteroatoms. The predicted molar refractivity (Wildman–Crippen MR) is 114 cm³/mol. The molecular formula is C19H21BrClF3N4O2. The molecule has 2 rings (SSSR count). The van der Waals surface area contributed by atoms with Gasteiger partial charge in [-0.25, -0.2) is 4.99 Å². The molecule has 1 amide bonds. The molecule has 0 saturated carbocycles. The maximum atomic E-state index is 13.6. The molecule has 6 nitrogen and oxygen atoms in total. The number of ether oxygens (including phenoxy) is 1. The van der Waals surface area contributed by atoms with Crippen LogP contribution < -0.4 is 16.4 Å². The number of benzene rings is 1. The normalized spacial score (nSPS) is 16.3. The van der Waals surface area contributed by atoms with Crippen LogP contribution in [0, 0.1) is 5.92 Å². The predicted octanol–water partition coefficient (Wildman–Crippen LogP) is 4.37. The number of nitrogens with two attached hydrogens (primary N) is 1. The molecule has 0 radical (unpaired) electrons. The molecule has 1 heterocycles. The van der Waals surface area contributed by atoms with Gasteiger partial charge in [0.2, 0.25) is 0 Å². The topological polar surface area (TPSA) is 88.7 Å². The molecule has 1 saturated heterocycles. The smallest absolute Gasteiger partial charge is 0.404 e. The molecule has 0 atom stereocenters. The second-order valence-corrected chi connectivity index (χ2v) is 7.79. The minimum absolute atomic E-state index is 0.131. The highest BCUT2D eigenvalue weighted by Crippen LogP contribution is 2.28. The Morgan fingerprint density at radius 3 is 2.63 bits per heavy atom. The number of carbonyl (C=O) groups excluding carboxylic acids is 1. The van der Waals surface area contributed by atoms with Crippen molar-refractivity contribution < 1.29 is 22.7 Å². The van der Waals surface area contributed by atoms with E-state index in [0.717, 1.165) is 12.8 Å². The Bertz CT molecular complexity index is 853. The lowest BCUT2D eigenvalue weighted by Crippen LogP contribution is -2.38. The molecule has 1 aromatic rings. The minimum Gasteiger partial charge on any atom is -0.404 e. The Labute approximate surface area is 185 Å². The third kappa shape index (κ3) is 7.03. The summed E-state index contributed by atoms with van der Waals surface area (Å²) in [4.78, 5) is 15.9. The van der Waals surface area contributed by atoms with Gasteiger partial charge in [0.15, 0.2) is 5.71 Å². The monoisotopic (exact) mass is 508 g/mol. The number of anilines is 1. The molecule has 1 fully saturated rings. The zero-order chi connectivity index (χ0) is 22.3. The number of alkyl halides is 3. The van der Waals surface area contributed by atoms with Gasteiger partial charge in [0.25, 0.3) is 5.91 Å². The quantitative estimate of drug-likeness (QED) is 0.376. The Kier molecular flexibility index (Phi) is 8.75. The number of nitrogens with zero attached hydrogens (tertiary/aromatic N) is 1. The van der Waals surface area contributed by atoms with Crippen molar-refractivity contribution >= 4 is 44.8 Å². The fourth-order valence-electron chi connectivity index (χ4n) is 2.73. The van der Waals surface area contributed by atoms with Gasteiger partial charge < -0.3 is 21.1 Å². The van der Waals surface area contributed by atoms with E-state index in [-0.39, 0.29) is 18.3 Å². The molecule has 1 aromatic carbocycles. The molecule has 1 aliphatic rings. The number of hydrogen-bond acceptors (Lipinski definition) is 5. The van der Waals surface area contributed by atoms with Crippen molar-refractivity contribution in [3.8, 4) is 0 Å². The standard InChI is InChI=1S/C19H21BrClF3N4O2/c1-11(27-16-3-2-13(21)8-15(16)20)28-17(19(22,23)24)14(9-25)18(29)26-10-12-4-6-30-7-5-12/h2-3,8-9,12,27H,1,4-7,10,25H2,(H,26,29)/b14-9+,28-17?. The van der Waals surface area contributed by atoms with Crippen molar-refractivity contribution in [3.05, 3.63) is 51.9 Å². The van der Waals surface area contributed by atoms with Crippen LogP contribution in [-0.2, 0) is 9.53 Å². The fourth-order valence-corrected chi connectivity index (χ4v) is 3.51. The average Bonchev–Trinajstić information content (AvgIpc) is 2.68. The lowest BCUT2D eigenvalue weighted by Gasteiger charge is -2.22. The number of hydrogen-bond donors (Lipinski definition) is 3. The summed E-state index contributed by atoms with van der Waals surface area (Å²) in [5.41, 5.74) is 3.52. The first-order chi connectivity index (χ1) is 14.1. The molecule has 30 heavy (non-hydrogen) atoms. The van der Waals surface area contributed by atoms with Crippen LogP contribution in [0.15, 0.2) is 51.8 Å². The maximum absolute atomic E-state index is 13.6. The Morgan fingerprint density at radius 1 is 1.40 bits per heavy atom. The van der Waals surface area contributed by atoms with E-state index >= 15 is 0 Å². The van der Waals surface area contributed by atoms with E-state index in [1.807, 2.05) is 0 Å². The second kappa shape index (κ2) is 10.8. The largest absolute Gasteiger partial charge is 0.434 e. The van der Waals surface area contributed by atoms with Crippen molar-refractivity contribution in [3.63, 3.8) is 0 Å². The summed E-state index contributed by atoms with van der Waals surface area (Å²) < 4.78 is 46.6. The van der Waals surface area contributed by atoms with Crippen LogP contribution in [0.3, 0.4) is 0 Å². The second-order valence-electron chi connectivity index (χ2n) is 6.50. The van der Waals surface area contributed by atoms with Crippen molar-refractivity contribution in [2.24, 2.45) is 16.6 Å². The molecule has 0 unspecified atom stereocenters. The van der Waals surface area contributed by atoms with Crippen LogP contribution >= 0.6 is 27.5 Å². The van der Waals surface area contributed by atoms with Gasteiger partial charge in [-0.3, -0.25) is 4.79 Å². The van der Waals surface area contributed by atoms with E-state index in [2.05, 4.69) is 38.1 Å². The molecule has 0 bridgehead atoms. The summed E-state index contributed by atoms with van der Waals surface area (Å²) in [6.45, 7) is 4.83. The van der Waals surface area contributed by atoms with E-state index in [0.29, 0.717) is 34.6 Å². The van der Waals surface area contributed by atoms with E-state index in [1.165, 1.54) is 0 Å². The molecular weight excluding hydrogens is 489 g/mol. The molecule has 4 N–H and O–H groups in total. The summed E-state index contributed by atoms with van der Waals surface area (Å²) in [7, 11) is 0. The van der Waals surface area contributed by atoms with Crippen LogP contribution in [0.5, 0.6) is 0 Å². The van der Waals surface area contributed by atoms with Crippen LogP contribution in [0.4, 0.5) is 18.9 Å². The number of nitrogens with one attached hydrogen (secondary N) is 2. The molecule has 0 aliphatic carbocycles. The molecule has 164 valence electrons. The Morgan fingerprint density at radius 2 is 2.07 bits per heavy atom. The van der Waals surface area contributed by atoms with Crippen molar-refractivity contribution in [2.45, 2.75) is 19.0 Å². The highest BCUT2D eigenvalue weighted by atomic mass is 79.9. The summed E-state index contributed by atoms with van der Waals surface area (Å²) in [5, 5.41) is 5.58. The van der Waals surface area contributed by atoms with Crippen molar-refractivity contribution in [1.29, 1.82) is 0 Å². The van der Waals surface area contributed by atoms with Crippen molar-refractivity contribution in [2.75, 3.05) is 25.1 Å². The van der Waals surface area contributed by atoms with Crippen LogP contribution in [-0.4, -0.2) is 37.6 Å². The number of amides is 1. The van der Waals surface area contributed by atoms with Crippen LogP contribution in [0.25, 0.3) is 0 Å². The SMILES string of the molecule is C=C(N=C(/C(=C\N)C(=O)NCC1CCOCC1)C(F)(F)F)Nc1ccc(Cl)cc1Br. The van der Waals surface area contributed by atoms with Gasteiger partial charge in [0.05, 0.1) is 11.3 Å². The third-order valence-electron chi connectivity index (χ3n) is 4.28. The summed E-state index contributed by atoms with van der Waals surface area (Å²) in [6, 6.07) is 4.65. The van der Waals surface area contributed by atoms with Crippen LogP contribution in [0.2, 0.25) is 5.02 Å². The lowest BCUT2D eigenvalue weighted by molar-refractivity contribution is -0.118. The first-order valence-electron chi connectivity index (χ1n) is 8.97. The minimum atomic E-state index is -4.93. The van der Waals surface area contributed by atoms with Gasteiger partial charge in [-0.1, -0.05) is 18.2 Å².